The molecule has 0 fully saturated rings. The Kier molecular flexibility index (Phi) is 7.12. The molecule has 3 aromatic rings. The quantitative estimate of drug-likeness (QED) is 0.193. The third-order valence-corrected chi connectivity index (χ3v) is 4.39. The fraction of sp³-hybridized carbons (Fsp3) is 0.0800. The van der Waals surface area contributed by atoms with E-state index in [1.165, 1.54) is 0 Å². The Morgan fingerprint density at radius 3 is 2.73 bits per heavy atom. The molecule has 0 saturated carbocycles. The number of aliphatic imine (C=N–C) groups is 1. The van der Waals surface area contributed by atoms with Crippen LogP contribution in [0.3, 0.4) is 0 Å². The topological polar surface area (TPSA) is 70.3 Å². The average molecular weight is 394 g/mol. The number of benzene rings is 2. The summed E-state index contributed by atoms with van der Waals surface area (Å²) < 4.78 is 5.76. The van der Waals surface area contributed by atoms with Gasteiger partial charge in [0, 0.05) is 17.1 Å². The molecule has 0 aliphatic rings. The molecule has 5 nitrogen and oxygen atoms in total. The van der Waals surface area contributed by atoms with Crippen LogP contribution in [0.4, 0.5) is 0 Å². The van der Waals surface area contributed by atoms with Gasteiger partial charge in [0.1, 0.15) is 18.2 Å². The zero-order valence-electron chi connectivity index (χ0n) is 16.6. The van der Waals surface area contributed by atoms with Gasteiger partial charge in [0.2, 0.25) is 0 Å². The molecule has 0 aliphatic carbocycles. The number of allylic oxidation sites excluding steroid dienone is 2. The molecular weight excluding hydrogens is 372 g/mol. The van der Waals surface area contributed by atoms with Crippen molar-refractivity contribution in [3.63, 3.8) is 0 Å². The average Bonchev–Trinajstić information content (AvgIpc) is 2.79. The summed E-state index contributed by atoms with van der Waals surface area (Å²) in [6, 6.07) is 17.4. The van der Waals surface area contributed by atoms with E-state index in [2.05, 4.69) is 28.5 Å². The third-order valence-electron chi connectivity index (χ3n) is 4.39. The highest BCUT2D eigenvalue weighted by molar-refractivity contribution is 6.02. The third kappa shape index (κ3) is 5.43. The van der Waals surface area contributed by atoms with Crippen LogP contribution in [-0.4, -0.2) is 17.4 Å². The van der Waals surface area contributed by atoms with Crippen molar-refractivity contribution < 1.29 is 4.74 Å². The SMILES string of the molecule is C=C/C=C(\C=C)COc1ccc(CN=C(NC#N)c2ccc3ncccc3c2)cc1. The Hall–Kier alpha value is -4.17. The van der Waals surface area contributed by atoms with Gasteiger partial charge in [0.25, 0.3) is 0 Å². The first-order chi connectivity index (χ1) is 14.7. The molecule has 0 radical (unpaired) electrons. The van der Waals surface area contributed by atoms with Crippen LogP contribution in [0.25, 0.3) is 10.9 Å². The van der Waals surface area contributed by atoms with E-state index >= 15 is 0 Å². The van der Waals surface area contributed by atoms with Crippen molar-refractivity contribution in [3.05, 3.63) is 109 Å². The minimum Gasteiger partial charge on any atom is -0.489 e. The first-order valence-corrected chi connectivity index (χ1v) is 9.44. The van der Waals surface area contributed by atoms with Gasteiger partial charge in [-0.3, -0.25) is 15.3 Å². The van der Waals surface area contributed by atoms with Crippen molar-refractivity contribution in [1.29, 1.82) is 5.26 Å². The minimum atomic E-state index is 0.431. The van der Waals surface area contributed by atoms with E-state index in [0.29, 0.717) is 19.0 Å². The second-order valence-corrected chi connectivity index (χ2v) is 6.43. The molecule has 0 aliphatic heterocycles. The number of ether oxygens (including phenoxy) is 1. The van der Waals surface area contributed by atoms with Crippen molar-refractivity contribution in [2.24, 2.45) is 4.99 Å². The van der Waals surface area contributed by atoms with Crippen LogP contribution in [0.2, 0.25) is 0 Å². The highest BCUT2D eigenvalue weighted by Crippen LogP contribution is 2.16. The Morgan fingerprint density at radius 1 is 1.17 bits per heavy atom. The summed E-state index contributed by atoms with van der Waals surface area (Å²) in [5, 5.41) is 12.8. The summed E-state index contributed by atoms with van der Waals surface area (Å²) >= 11 is 0. The predicted molar refractivity (Wildman–Crippen MR) is 121 cm³/mol. The van der Waals surface area contributed by atoms with E-state index in [-0.39, 0.29) is 0 Å². The lowest BCUT2D eigenvalue weighted by Crippen LogP contribution is -2.19. The van der Waals surface area contributed by atoms with Crippen molar-refractivity contribution in [3.8, 4) is 11.9 Å². The molecule has 0 atom stereocenters. The highest BCUT2D eigenvalue weighted by Gasteiger charge is 2.05. The number of hydrogen-bond donors (Lipinski definition) is 1. The van der Waals surface area contributed by atoms with Crippen LogP contribution in [0.5, 0.6) is 5.75 Å². The maximum atomic E-state index is 9.12. The van der Waals surface area contributed by atoms with Gasteiger partial charge in [-0.1, -0.05) is 49.6 Å². The monoisotopic (exact) mass is 394 g/mol. The highest BCUT2D eigenvalue weighted by atomic mass is 16.5. The molecule has 0 amide bonds. The number of aromatic nitrogens is 1. The second kappa shape index (κ2) is 10.4. The molecule has 1 heterocycles. The summed E-state index contributed by atoms with van der Waals surface area (Å²) in [4.78, 5) is 8.91. The predicted octanol–water partition coefficient (Wildman–Crippen LogP) is 4.93. The Bertz CT molecular complexity index is 1140. The van der Waals surface area contributed by atoms with Crippen molar-refractivity contribution in [2.45, 2.75) is 6.54 Å². The minimum absolute atomic E-state index is 0.431. The van der Waals surface area contributed by atoms with Crippen molar-refractivity contribution in [2.75, 3.05) is 6.61 Å². The van der Waals surface area contributed by atoms with Gasteiger partial charge in [-0.25, -0.2) is 0 Å². The molecule has 30 heavy (non-hydrogen) atoms. The number of fused-ring (bicyclic) bond motifs is 1. The number of nitriles is 1. The summed E-state index contributed by atoms with van der Waals surface area (Å²) in [5.41, 5.74) is 3.70. The van der Waals surface area contributed by atoms with Gasteiger partial charge < -0.3 is 4.74 Å². The van der Waals surface area contributed by atoms with E-state index in [1.807, 2.05) is 66.9 Å². The van der Waals surface area contributed by atoms with Gasteiger partial charge in [-0.05, 0) is 47.5 Å². The van der Waals surface area contributed by atoms with E-state index in [0.717, 1.165) is 33.4 Å². The lowest BCUT2D eigenvalue weighted by atomic mass is 10.1. The van der Waals surface area contributed by atoms with Crippen LogP contribution in [0.1, 0.15) is 11.1 Å². The molecule has 2 aromatic carbocycles. The molecule has 1 aromatic heterocycles. The van der Waals surface area contributed by atoms with Gasteiger partial charge >= 0.3 is 0 Å². The van der Waals surface area contributed by atoms with E-state index < -0.39 is 0 Å². The smallest absolute Gasteiger partial charge is 0.182 e. The standard InChI is InChI=1S/C25H22N4O/c1-3-6-19(4-2)17-30-23-11-8-20(9-12-23)16-28-25(29-18-26)22-10-13-24-21(15-22)7-5-14-27-24/h3-15H,1-2,16-17H2,(H,28,29)/b19-6+. The fourth-order valence-corrected chi connectivity index (χ4v) is 2.83. The number of nitrogens with zero attached hydrogens (tertiary/aromatic N) is 3. The van der Waals surface area contributed by atoms with Gasteiger partial charge in [0.15, 0.2) is 6.19 Å². The Morgan fingerprint density at radius 2 is 2.00 bits per heavy atom. The number of amidine groups is 1. The molecule has 0 spiro atoms. The van der Waals surface area contributed by atoms with Crippen molar-refractivity contribution in [1.82, 2.24) is 10.3 Å². The summed E-state index contributed by atoms with van der Waals surface area (Å²) in [6.45, 7) is 8.30. The molecule has 0 bridgehead atoms. The summed E-state index contributed by atoms with van der Waals surface area (Å²) in [6.07, 6.45) is 9.04. The first kappa shape index (κ1) is 20.6. The molecule has 3 rings (SSSR count). The Labute approximate surface area is 176 Å². The molecule has 0 saturated heterocycles. The van der Waals surface area contributed by atoms with Gasteiger partial charge in [-0.2, -0.15) is 5.26 Å². The lowest BCUT2D eigenvalue weighted by Gasteiger charge is -2.08. The van der Waals surface area contributed by atoms with Crippen LogP contribution >= 0.6 is 0 Å². The van der Waals surface area contributed by atoms with Crippen molar-refractivity contribution >= 4 is 16.7 Å². The lowest BCUT2D eigenvalue weighted by molar-refractivity contribution is 0.355. The molecular formula is C25H22N4O. The first-order valence-electron chi connectivity index (χ1n) is 9.44. The zero-order chi connectivity index (χ0) is 21.2. The molecule has 5 heteroatoms. The van der Waals surface area contributed by atoms with E-state index in [9.17, 15) is 0 Å². The van der Waals surface area contributed by atoms with E-state index in [1.54, 1.807) is 18.3 Å². The van der Waals surface area contributed by atoms with Gasteiger partial charge in [0.05, 0.1) is 12.1 Å². The van der Waals surface area contributed by atoms with Crippen LogP contribution in [-0.2, 0) is 6.54 Å². The Balaban J connectivity index is 1.71. The number of hydrogen-bond acceptors (Lipinski definition) is 4. The van der Waals surface area contributed by atoms with Crippen LogP contribution in [0.15, 0.2) is 103 Å². The van der Waals surface area contributed by atoms with Crippen LogP contribution < -0.4 is 10.1 Å². The molecule has 148 valence electrons. The van der Waals surface area contributed by atoms with Crippen LogP contribution in [0, 0.1) is 11.5 Å². The fourth-order valence-electron chi connectivity index (χ4n) is 2.83. The second-order valence-electron chi connectivity index (χ2n) is 6.43. The summed E-state index contributed by atoms with van der Waals surface area (Å²) in [5.74, 6) is 1.28. The normalized spacial score (nSPS) is 11.6. The molecule has 1 N–H and O–H groups in total. The number of pyridine rings is 1. The largest absolute Gasteiger partial charge is 0.489 e. The molecule has 0 unspecified atom stereocenters. The van der Waals surface area contributed by atoms with E-state index in [4.69, 9.17) is 10.00 Å². The zero-order valence-corrected chi connectivity index (χ0v) is 16.6. The summed E-state index contributed by atoms with van der Waals surface area (Å²) in [7, 11) is 0. The van der Waals surface area contributed by atoms with Gasteiger partial charge in [-0.15, -0.1) is 0 Å². The maximum absolute atomic E-state index is 9.12. The number of rotatable bonds is 8. The maximum Gasteiger partial charge on any atom is 0.182 e. The number of nitrogens with one attached hydrogen (secondary N) is 1.